The predicted molar refractivity (Wildman–Crippen MR) is 67.7 cm³/mol. The molecule has 1 saturated carbocycles. The van der Waals surface area contributed by atoms with Gasteiger partial charge in [-0.2, -0.15) is 5.48 Å². The summed E-state index contributed by atoms with van der Waals surface area (Å²) in [7, 11) is 0. The molecule has 0 bridgehead atoms. The van der Waals surface area contributed by atoms with Crippen molar-refractivity contribution >= 4 is 5.97 Å². The van der Waals surface area contributed by atoms with E-state index >= 15 is 0 Å². The Morgan fingerprint density at radius 3 is 2.61 bits per heavy atom. The fourth-order valence-electron chi connectivity index (χ4n) is 2.43. The molecule has 0 amide bonds. The Bertz CT molecular complexity index is 374. The van der Waals surface area contributed by atoms with Gasteiger partial charge in [-0.05, 0) is 24.3 Å². The Morgan fingerprint density at radius 1 is 1.33 bits per heavy atom. The van der Waals surface area contributed by atoms with E-state index in [0.717, 1.165) is 31.2 Å². The fraction of sp³-hybridized carbons (Fsp3) is 0.500. The van der Waals surface area contributed by atoms with Crippen molar-refractivity contribution in [3.05, 3.63) is 35.9 Å². The van der Waals surface area contributed by atoms with Crippen LogP contribution in [-0.2, 0) is 16.2 Å². The molecule has 0 heterocycles. The highest BCUT2D eigenvalue weighted by molar-refractivity contribution is 5.73. The van der Waals surface area contributed by atoms with Crippen molar-refractivity contribution in [1.82, 2.24) is 5.48 Å². The van der Waals surface area contributed by atoms with E-state index in [2.05, 4.69) is 5.48 Å². The molecule has 1 atom stereocenters. The number of hydrogen-bond acceptors (Lipinski definition) is 3. The molecule has 1 aromatic carbocycles. The predicted octanol–water partition coefficient (Wildman–Crippen LogP) is 2.35. The first kappa shape index (κ1) is 13.1. The molecule has 4 heteroatoms. The molecule has 2 rings (SSSR count). The van der Waals surface area contributed by atoms with Crippen LogP contribution in [0.4, 0.5) is 0 Å². The van der Waals surface area contributed by atoms with Gasteiger partial charge in [0.1, 0.15) is 6.04 Å². The van der Waals surface area contributed by atoms with Crippen LogP contribution < -0.4 is 5.48 Å². The van der Waals surface area contributed by atoms with Gasteiger partial charge in [0, 0.05) is 0 Å². The Labute approximate surface area is 107 Å². The van der Waals surface area contributed by atoms with Gasteiger partial charge in [-0.1, -0.05) is 43.2 Å². The molecule has 1 fully saturated rings. The molecule has 0 saturated heterocycles. The van der Waals surface area contributed by atoms with Crippen LogP contribution in [0.15, 0.2) is 30.3 Å². The van der Waals surface area contributed by atoms with Gasteiger partial charge in [0.05, 0.1) is 6.61 Å². The number of hydroxylamine groups is 1. The van der Waals surface area contributed by atoms with E-state index in [1.165, 1.54) is 0 Å². The average Bonchev–Trinajstić information content (AvgIpc) is 2.89. The molecule has 0 aromatic heterocycles. The smallest absolute Gasteiger partial charge is 0.323 e. The van der Waals surface area contributed by atoms with E-state index < -0.39 is 12.0 Å². The second kappa shape index (κ2) is 6.52. The first-order valence-electron chi connectivity index (χ1n) is 6.41. The van der Waals surface area contributed by atoms with E-state index in [1.54, 1.807) is 0 Å². The van der Waals surface area contributed by atoms with E-state index in [4.69, 9.17) is 4.84 Å². The normalized spacial score (nSPS) is 17.8. The minimum absolute atomic E-state index is 0.193. The quantitative estimate of drug-likeness (QED) is 0.760. The van der Waals surface area contributed by atoms with Crippen molar-refractivity contribution in [2.45, 2.75) is 38.3 Å². The van der Waals surface area contributed by atoms with Crippen LogP contribution in [-0.4, -0.2) is 17.1 Å². The van der Waals surface area contributed by atoms with Crippen molar-refractivity contribution in [1.29, 1.82) is 0 Å². The van der Waals surface area contributed by atoms with Crippen LogP contribution in [0.25, 0.3) is 0 Å². The molecule has 0 aliphatic heterocycles. The highest BCUT2D eigenvalue weighted by Crippen LogP contribution is 2.27. The Kier molecular flexibility index (Phi) is 4.73. The lowest BCUT2D eigenvalue weighted by Gasteiger charge is -2.20. The maximum Gasteiger partial charge on any atom is 0.323 e. The molecule has 1 aliphatic carbocycles. The highest BCUT2D eigenvalue weighted by Gasteiger charge is 2.30. The number of rotatable bonds is 6. The molecular formula is C14H19NO3. The summed E-state index contributed by atoms with van der Waals surface area (Å²) in [6, 6.07) is 9.13. The summed E-state index contributed by atoms with van der Waals surface area (Å²) < 4.78 is 0. The SMILES string of the molecule is O=C(O)C(NOCc1ccccc1)C1CCCC1. The maximum atomic E-state index is 11.2. The lowest BCUT2D eigenvalue weighted by atomic mass is 9.99. The second-order valence-electron chi connectivity index (χ2n) is 4.75. The van der Waals surface area contributed by atoms with Crippen LogP contribution in [0.1, 0.15) is 31.2 Å². The first-order valence-corrected chi connectivity index (χ1v) is 6.41. The summed E-state index contributed by atoms with van der Waals surface area (Å²) >= 11 is 0. The van der Waals surface area contributed by atoms with E-state index in [0.29, 0.717) is 6.61 Å². The van der Waals surface area contributed by atoms with Crippen LogP contribution in [0, 0.1) is 5.92 Å². The monoisotopic (exact) mass is 249 g/mol. The molecule has 0 radical (unpaired) electrons. The summed E-state index contributed by atoms with van der Waals surface area (Å²) in [6.45, 7) is 0.386. The molecule has 18 heavy (non-hydrogen) atoms. The number of benzene rings is 1. The van der Waals surface area contributed by atoms with Crippen molar-refractivity contribution in [2.75, 3.05) is 0 Å². The molecular weight excluding hydrogens is 230 g/mol. The molecule has 1 unspecified atom stereocenters. The number of carbonyl (C=O) groups is 1. The number of aliphatic carboxylic acids is 1. The van der Waals surface area contributed by atoms with Gasteiger partial charge in [0.25, 0.3) is 0 Å². The van der Waals surface area contributed by atoms with Gasteiger partial charge in [-0.15, -0.1) is 0 Å². The number of hydrogen-bond donors (Lipinski definition) is 2. The van der Waals surface area contributed by atoms with Gasteiger partial charge in [-0.3, -0.25) is 9.63 Å². The number of carboxylic acids is 1. The van der Waals surface area contributed by atoms with Crippen molar-refractivity contribution in [3.63, 3.8) is 0 Å². The van der Waals surface area contributed by atoms with Gasteiger partial charge in [0.15, 0.2) is 0 Å². The maximum absolute atomic E-state index is 11.2. The zero-order chi connectivity index (χ0) is 12.8. The summed E-state index contributed by atoms with van der Waals surface area (Å²) in [5, 5.41) is 9.19. The van der Waals surface area contributed by atoms with E-state index in [1.807, 2.05) is 30.3 Å². The topological polar surface area (TPSA) is 58.6 Å². The molecule has 0 spiro atoms. The molecule has 98 valence electrons. The average molecular weight is 249 g/mol. The van der Waals surface area contributed by atoms with E-state index in [9.17, 15) is 9.90 Å². The highest BCUT2D eigenvalue weighted by atomic mass is 16.6. The Hall–Kier alpha value is -1.39. The van der Waals surface area contributed by atoms with Crippen LogP contribution in [0.2, 0.25) is 0 Å². The lowest BCUT2D eigenvalue weighted by molar-refractivity contribution is -0.147. The fourth-order valence-corrected chi connectivity index (χ4v) is 2.43. The molecule has 2 N–H and O–H groups in total. The summed E-state index contributed by atoms with van der Waals surface area (Å²) in [4.78, 5) is 16.5. The Morgan fingerprint density at radius 2 is 2.00 bits per heavy atom. The third-order valence-electron chi connectivity index (χ3n) is 3.43. The van der Waals surface area contributed by atoms with Gasteiger partial charge < -0.3 is 5.11 Å². The third-order valence-corrected chi connectivity index (χ3v) is 3.43. The van der Waals surface area contributed by atoms with Crippen LogP contribution in [0.5, 0.6) is 0 Å². The van der Waals surface area contributed by atoms with Gasteiger partial charge in [0.2, 0.25) is 0 Å². The minimum Gasteiger partial charge on any atom is -0.480 e. The van der Waals surface area contributed by atoms with E-state index in [-0.39, 0.29) is 5.92 Å². The largest absolute Gasteiger partial charge is 0.480 e. The molecule has 4 nitrogen and oxygen atoms in total. The summed E-state index contributed by atoms with van der Waals surface area (Å²) in [5.74, 6) is -0.631. The van der Waals surface area contributed by atoms with Gasteiger partial charge in [-0.25, -0.2) is 0 Å². The third kappa shape index (κ3) is 3.55. The molecule has 1 aliphatic rings. The number of nitrogens with one attached hydrogen (secondary N) is 1. The zero-order valence-electron chi connectivity index (χ0n) is 10.3. The van der Waals surface area contributed by atoms with Crippen molar-refractivity contribution < 1.29 is 14.7 Å². The lowest BCUT2D eigenvalue weighted by Crippen LogP contribution is -2.41. The Balaban J connectivity index is 1.81. The van der Waals surface area contributed by atoms with Crippen LogP contribution in [0.3, 0.4) is 0 Å². The van der Waals surface area contributed by atoms with Crippen molar-refractivity contribution in [3.8, 4) is 0 Å². The first-order chi connectivity index (χ1) is 8.77. The van der Waals surface area contributed by atoms with Crippen LogP contribution >= 0.6 is 0 Å². The van der Waals surface area contributed by atoms with Crippen molar-refractivity contribution in [2.24, 2.45) is 5.92 Å². The summed E-state index contributed by atoms with van der Waals surface area (Å²) in [6.07, 6.45) is 4.18. The molecule has 1 aromatic rings. The summed E-state index contributed by atoms with van der Waals surface area (Å²) in [5.41, 5.74) is 3.74. The second-order valence-corrected chi connectivity index (χ2v) is 4.75. The zero-order valence-corrected chi connectivity index (χ0v) is 10.3. The van der Waals surface area contributed by atoms with Gasteiger partial charge >= 0.3 is 5.97 Å². The standard InChI is InChI=1S/C14H19NO3/c16-14(17)13(12-8-4-5-9-12)15-18-10-11-6-2-1-3-7-11/h1-3,6-7,12-13,15H,4-5,8-10H2,(H,16,17). The number of carboxylic acid groups (broad SMARTS) is 1. The minimum atomic E-state index is -0.824.